The van der Waals surface area contributed by atoms with Gasteiger partial charge in [-0.2, -0.15) is 0 Å². The molecule has 0 fully saturated rings. The molecule has 0 saturated heterocycles. The topological polar surface area (TPSA) is 71.5 Å². The number of rotatable bonds is 4. The number of methoxy groups -OCH3 is 1. The van der Waals surface area contributed by atoms with Crippen LogP contribution >= 0.6 is 0 Å². The minimum atomic E-state index is -1.29. The summed E-state index contributed by atoms with van der Waals surface area (Å²) in [6, 6.07) is 16.0. The molecule has 0 aliphatic heterocycles. The third-order valence-electron chi connectivity index (χ3n) is 3.55. The molecule has 0 saturated carbocycles. The Morgan fingerprint density at radius 3 is 2.78 bits per heavy atom. The van der Waals surface area contributed by atoms with Crippen LogP contribution in [0.3, 0.4) is 0 Å². The van der Waals surface area contributed by atoms with E-state index >= 15 is 0 Å². The van der Waals surface area contributed by atoms with Gasteiger partial charge in [-0.05, 0) is 29.8 Å². The van der Waals surface area contributed by atoms with E-state index in [-0.39, 0.29) is 0 Å². The summed E-state index contributed by atoms with van der Waals surface area (Å²) in [4.78, 5) is 16.6. The van der Waals surface area contributed by atoms with Crippen LogP contribution in [0.2, 0.25) is 0 Å². The van der Waals surface area contributed by atoms with Gasteiger partial charge in [-0.1, -0.05) is 30.3 Å². The van der Waals surface area contributed by atoms with Crippen molar-refractivity contribution in [2.24, 2.45) is 0 Å². The number of aromatic nitrogens is 1. The largest absolute Gasteiger partial charge is 0.497 e. The van der Waals surface area contributed by atoms with E-state index in [9.17, 15) is 9.90 Å². The van der Waals surface area contributed by atoms with E-state index in [1.807, 2.05) is 24.3 Å². The number of nitrogens with one attached hydrogen (secondary N) is 1. The van der Waals surface area contributed by atoms with Gasteiger partial charge in [0.25, 0.3) is 5.91 Å². The van der Waals surface area contributed by atoms with Crippen molar-refractivity contribution in [1.82, 2.24) is 4.98 Å². The van der Waals surface area contributed by atoms with E-state index in [1.165, 1.54) is 7.11 Å². The average Bonchev–Trinajstić information content (AvgIpc) is 2.61. The molecule has 1 amide bonds. The van der Waals surface area contributed by atoms with Crippen LogP contribution in [0.5, 0.6) is 5.75 Å². The number of para-hydroxylation sites is 1. The normalized spacial score (nSPS) is 11.9. The van der Waals surface area contributed by atoms with Crippen LogP contribution in [-0.4, -0.2) is 23.1 Å². The maximum Gasteiger partial charge on any atom is 0.257 e. The van der Waals surface area contributed by atoms with Crippen LogP contribution in [0.1, 0.15) is 11.7 Å². The third-order valence-corrected chi connectivity index (χ3v) is 3.55. The first-order chi connectivity index (χ1) is 11.2. The lowest BCUT2D eigenvalue weighted by molar-refractivity contribution is -0.124. The van der Waals surface area contributed by atoms with E-state index < -0.39 is 12.0 Å². The molecular formula is C18H16N2O3. The van der Waals surface area contributed by atoms with Crippen LogP contribution < -0.4 is 10.1 Å². The van der Waals surface area contributed by atoms with Crippen molar-refractivity contribution in [3.8, 4) is 5.75 Å². The van der Waals surface area contributed by atoms with Crippen LogP contribution in [0.15, 0.2) is 60.8 Å². The van der Waals surface area contributed by atoms with Crippen molar-refractivity contribution in [3.63, 3.8) is 0 Å². The van der Waals surface area contributed by atoms with Gasteiger partial charge in [-0.15, -0.1) is 0 Å². The van der Waals surface area contributed by atoms with Gasteiger partial charge >= 0.3 is 0 Å². The summed E-state index contributed by atoms with van der Waals surface area (Å²) in [7, 11) is 1.54. The smallest absolute Gasteiger partial charge is 0.257 e. The molecule has 3 rings (SSSR count). The highest BCUT2D eigenvalue weighted by molar-refractivity contribution is 6.02. The summed E-state index contributed by atoms with van der Waals surface area (Å²) in [5.74, 6) is 0.0672. The Bertz CT molecular complexity index is 843. The van der Waals surface area contributed by atoms with Crippen molar-refractivity contribution >= 4 is 22.5 Å². The van der Waals surface area contributed by atoms with Gasteiger partial charge in [0.15, 0.2) is 6.10 Å². The first-order valence-corrected chi connectivity index (χ1v) is 7.15. The molecule has 3 aromatic rings. The fraction of sp³-hybridized carbons (Fsp3) is 0.111. The lowest BCUT2D eigenvalue weighted by atomic mass is 10.1. The predicted molar refractivity (Wildman–Crippen MR) is 88.3 cm³/mol. The molecule has 2 N–H and O–H groups in total. The Kier molecular flexibility index (Phi) is 4.21. The van der Waals surface area contributed by atoms with Crippen molar-refractivity contribution in [2.45, 2.75) is 6.10 Å². The number of carbonyl (C=O) groups excluding carboxylic acids is 1. The lowest BCUT2D eigenvalue weighted by Crippen LogP contribution is -2.21. The third kappa shape index (κ3) is 3.14. The summed E-state index contributed by atoms with van der Waals surface area (Å²) in [5.41, 5.74) is 1.71. The van der Waals surface area contributed by atoms with Gasteiger partial charge in [0, 0.05) is 11.6 Å². The van der Waals surface area contributed by atoms with E-state index in [2.05, 4.69) is 10.3 Å². The molecule has 116 valence electrons. The second-order valence-corrected chi connectivity index (χ2v) is 5.05. The van der Waals surface area contributed by atoms with Crippen LogP contribution in [0.4, 0.5) is 5.69 Å². The molecule has 1 aromatic heterocycles. The van der Waals surface area contributed by atoms with Gasteiger partial charge in [-0.25, -0.2) is 0 Å². The molecule has 0 aliphatic rings. The first-order valence-electron chi connectivity index (χ1n) is 7.15. The van der Waals surface area contributed by atoms with Crippen LogP contribution in [0, 0.1) is 0 Å². The number of pyridine rings is 1. The first kappa shape index (κ1) is 15.0. The maximum atomic E-state index is 12.3. The monoisotopic (exact) mass is 308 g/mol. The molecular weight excluding hydrogens is 292 g/mol. The molecule has 1 atom stereocenters. The summed E-state index contributed by atoms with van der Waals surface area (Å²) in [6.07, 6.45) is 0.375. The van der Waals surface area contributed by atoms with E-state index in [1.54, 1.807) is 36.5 Å². The maximum absolute atomic E-state index is 12.3. The number of nitrogens with zero attached hydrogens (tertiary/aromatic N) is 1. The quantitative estimate of drug-likeness (QED) is 0.777. The van der Waals surface area contributed by atoms with Crippen molar-refractivity contribution in [2.75, 3.05) is 12.4 Å². The number of ether oxygens (including phenoxy) is 1. The number of benzene rings is 2. The fourth-order valence-electron chi connectivity index (χ4n) is 2.37. The summed E-state index contributed by atoms with van der Waals surface area (Å²) in [5, 5.41) is 13.9. The van der Waals surface area contributed by atoms with Crippen molar-refractivity contribution in [1.29, 1.82) is 0 Å². The Balaban J connectivity index is 1.85. The standard InChI is InChI=1S/C18H16N2O3/c1-23-14-8-2-6-13(11-14)17(21)18(22)20-15-9-3-5-12-7-4-10-19-16(12)15/h2-11,17,21H,1H3,(H,20,22). The predicted octanol–water partition coefficient (Wildman–Crippen LogP) is 2.92. The van der Waals surface area contributed by atoms with E-state index in [4.69, 9.17) is 4.74 Å². The fourth-order valence-corrected chi connectivity index (χ4v) is 2.37. The number of hydrogen-bond acceptors (Lipinski definition) is 4. The highest BCUT2D eigenvalue weighted by Gasteiger charge is 2.19. The summed E-state index contributed by atoms with van der Waals surface area (Å²) < 4.78 is 5.11. The Hall–Kier alpha value is -2.92. The minimum Gasteiger partial charge on any atom is -0.497 e. The Labute approximate surface area is 133 Å². The summed E-state index contributed by atoms with van der Waals surface area (Å²) >= 11 is 0. The number of aliphatic hydroxyl groups excluding tert-OH is 1. The number of carbonyl (C=O) groups is 1. The zero-order valence-corrected chi connectivity index (χ0v) is 12.6. The molecule has 23 heavy (non-hydrogen) atoms. The van der Waals surface area contributed by atoms with E-state index in [0.29, 0.717) is 22.5 Å². The highest BCUT2D eigenvalue weighted by Crippen LogP contribution is 2.24. The van der Waals surface area contributed by atoms with Crippen molar-refractivity contribution < 1.29 is 14.6 Å². The second-order valence-electron chi connectivity index (χ2n) is 5.05. The van der Waals surface area contributed by atoms with Gasteiger partial charge in [0.05, 0.1) is 18.3 Å². The molecule has 5 nitrogen and oxygen atoms in total. The zero-order valence-electron chi connectivity index (χ0n) is 12.6. The minimum absolute atomic E-state index is 0.468. The number of hydrogen-bond donors (Lipinski definition) is 2. The molecule has 1 heterocycles. The number of anilines is 1. The summed E-state index contributed by atoms with van der Waals surface area (Å²) in [6.45, 7) is 0. The highest BCUT2D eigenvalue weighted by atomic mass is 16.5. The molecule has 5 heteroatoms. The Morgan fingerprint density at radius 2 is 1.96 bits per heavy atom. The zero-order chi connectivity index (χ0) is 16.2. The average molecular weight is 308 g/mol. The van der Waals surface area contributed by atoms with Crippen LogP contribution in [0.25, 0.3) is 10.9 Å². The molecule has 0 bridgehead atoms. The Morgan fingerprint density at radius 1 is 1.17 bits per heavy atom. The molecule has 2 aromatic carbocycles. The molecule has 0 spiro atoms. The van der Waals surface area contributed by atoms with Crippen LogP contribution in [-0.2, 0) is 4.79 Å². The molecule has 0 aliphatic carbocycles. The number of aliphatic hydroxyl groups is 1. The molecule has 1 unspecified atom stereocenters. The number of fused-ring (bicyclic) bond motifs is 1. The second kappa shape index (κ2) is 6.46. The van der Waals surface area contributed by atoms with Crippen molar-refractivity contribution in [3.05, 3.63) is 66.4 Å². The SMILES string of the molecule is COc1cccc(C(O)C(=O)Nc2cccc3cccnc23)c1. The lowest BCUT2D eigenvalue weighted by Gasteiger charge is -2.13. The molecule has 0 radical (unpaired) electrons. The van der Waals surface area contributed by atoms with Gasteiger partial charge in [0.2, 0.25) is 0 Å². The number of amides is 1. The van der Waals surface area contributed by atoms with E-state index in [0.717, 1.165) is 5.39 Å². The van der Waals surface area contributed by atoms with Gasteiger partial charge < -0.3 is 15.2 Å². The van der Waals surface area contributed by atoms with Gasteiger partial charge in [0.1, 0.15) is 5.75 Å². The van der Waals surface area contributed by atoms with Gasteiger partial charge in [-0.3, -0.25) is 9.78 Å².